The second-order valence-corrected chi connectivity index (χ2v) is 6.36. The molecule has 0 unspecified atom stereocenters. The Labute approximate surface area is 119 Å². The second-order valence-electron chi connectivity index (χ2n) is 3.80. The van der Waals surface area contributed by atoms with Crippen LogP contribution in [-0.4, -0.2) is 28.1 Å². The number of hydrogen-bond donors (Lipinski definition) is 2. The van der Waals surface area contributed by atoms with Gasteiger partial charge in [0, 0.05) is 17.1 Å². The lowest BCUT2D eigenvalue weighted by Gasteiger charge is -2.09. The van der Waals surface area contributed by atoms with Gasteiger partial charge in [0.25, 0.3) is 0 Å². The van der Waals surface area contributed by atoms with Crippen LogP contribution in [0.1, 0.15) is 13.3 Å². The Bertz CT molecular complexity index is 514. The van der Waals surface area contributed by atoms with Crippen LogP contribution in [0.2, 0.25) is 0 Å². The Morgan fingerprint density at radius 2 is 1.95 bits per heavy atom. The van der Waals surface area contributed by atoms with Crippen molar-refractivity contribution in [3.05, 3.63) is 28.2 Å². The summed E-state index contributed by atoms with van der Waals surface area (Å²) in [5.74, 6) is -1.96. The fourth-order valence-electron chi connectivity index (χ4n) is 1.45. The van der Waals surface area contributed by atoms with Crippen molar-refractivity contribution in [1.29, 1.82) is 0 Å². The highest BCUT2D eigenvalue weighted by molar-refractivity contribution is 9.10. The quantitative estimate of drug-likeness (QED) is 0.734. The zero-order valence-corrected chi connectivity index (χ0v) is 12.7. The molecular formula is C11H15BrF2N2O2S. The Balaban J connectivity index is 2.78. The molecule has 1 aromatic carbocycles. The third kappa shape index (κ3) is 4.79. The van der Waals surface area contributed by atoms with Gasteiger partial charge >= 0.3 is 0 Å². The molecule has 2 N–H and O–H groups in total. The van der Waals surface area contributed by atoms with Crippen LogP contribution < -0.4 is 10.0 Å². The highest BCUT2D eigenvalue weighted by Crippen LogP contribution is 2.25. The Kier molecular flexibility index (Phi) is 6.31. The molecule has 4 nitrogen and oxygen atoms in total. The van der Waals surface area contributed by atoms with Crippen LogP contribution >= 0.6 is 15.9 Å². The monoisotopic (exact) mass is 356 g/mol. The van der Waals surface area contributed by atoms with Crippen LogP contribution in [0.4, 0.5) is 8.78 Å². The van der Waals surface area contributed by atoms with E-state index in [1.807, 2.05) is 6.92 Å². The van der Waals surface area contributed by atoms with Crippen molar-refractivity contribution in [3.8, 4) is 0 Å². The molecule has 0 atom stereocenters. The van der Waals surface area contributed by atoms with Gasteiger partial charge in [0.1, 0.15) is 16.5 Å². The van der Waals surface area contributed by atoms with E-state index in [9.17, 15) is 17.2 Å². The molecule has 0 radical (unpaired) electrons. The maximum absolute atomic E-state index is 13.5. The van der Waals surface area contributed by atoms with E-state index in [0.29, 0.717) is 19.0 Å². The van der Waals surface area contributed by atoms with Crippen LogP contribution in [0.15, 0.2) is 21.5 Å². The number of halogens is 3. The van der Waals surface area contributed by atoms with Crippen molar-refractivity contribution >= 4 is 26.0 Å². The number of hydrogen-bond acceptors (Lipinski definition) is 3. The van der Waals surface area contributed by atoms with Gasteiger partial charge in [-0.1, -0.05) is 6.92 Å². The third-order valence-electron chi connectivity index (χ3n) is 2.30. The first kappa shape index (κ1) is 16.5. The number of rotatable bonds is 7. The molecule has 0 aromatic heterocycles. The van der Waals surface area contributed by atoms with Crippen molar-refractivity contribution in [2.24, 2.45) is 0 Å². The number of sulfonamides is 1. The maximum atomic E-state index is 13.5. The Morgan fingerprint density at radius 1 is 1.26 bits per heavy atom. The summed E-state index contributed by atoms with van der Waals surface area (Å²) < 4.78 is 52.4. The first-order valence-corrected chi connectivity index (χ1v) is 8.01. The van der Waals surface area contributed by atoms with E-state index in [4.69, 9.17) is 0 Å². The van der Waals surface area contributed by atoms with Crippen LogP contribution in [-0.2, 0) is 10.0 Å². The minimum atomic E-state index is -3.99. The zero-order valence-electron chi connectivity index (χ0n) is 10.3. The van der Waals surface area contributed by atoms with Gasteiger partial charge in [-0.15, -0.1) is 0 Å². The summed E-state index contributed by atoms with van der Waals surface area (Å²) in [6, 6.07) is 1.45. The normalized spacial score (nSPS) is 11.8. The number of nitrogens with one attached hydrogen (secondary N) is 2. The predicted octanol–water partition coefficient (Wildman–Crippen LogP) is 2.01. The minimum Gasteiger partial charge on any atom is -0.317 e. The van der Waals surface area contributed by atoms with Gasteiger partial charge in [-0.05, 0) is 41.5 Å². The predicted molar refractivity (Wildman–Crippen MR) is 72.4 cm³/mol. The van der Waals surface area contributed by atoms with Crippen LogP contribution in [0.25, 0.3) is 0 Å². The SMILES string of the molecule is CCNCCCNS(=O)(=O)c1c(F)cc(F)cc1Br. The van der Waals surface area contributed by atoms with Crippen LogP contribution in [0.5, 0.6) is 0 Å². The zero-order chi connectivity index (χ0) is 14.5. The van der Waals surface area contributed by atoms with E-state index in [-0.39, 0.29) is 11.0 Å². The van der Waals surface area contributed by atoms with E-state index >= 15 is 0 Å². The molecule has 8 heteroatoms. The molecule has 1 aromatic rings. The number of benzene rings is 1. The van der Waals surface area contributed by atoms with E-state index in [2.05, 4.69) is 26.0 Å². The minimum absolute atomic E-state index is 0.135. The largest absolute Gasteiger partial charge is 0.317 e. The standard InChI is InChI=1S/C11H15BrF2N2O2S/c1-2-15-4-3-5-16-19(17,18)11-9(12)6-8(13)7-10(11)14/h6-7,15-16H,2-5H2,1H3. The van der Waals surface area contributed by atoms with Gasteiger partial charge in [-0.3, -0.25) is 0 Å². The highest BCUT2D eigenvalue weighted by atomic mass is 79.9. The summed E-state index contributed by atoms with van der Waals surface area (Å²) in [6.07, 6.45) is 0.577. The molecule has 1 rings (SSSR count). The summed E-state index contributed by atoms with van der Waals surface area (Å²) in [5, 5.41) is 3.04. The summed E-state index contributed by atoms with van der Waals surface area (Å²) >= 11 is 2.86. The Hall–Kier alpha value is -0.570. The highest BCUT2D eigenvalue weighted by Gasteiger charge is 2.23. The summed E-state index contributed by atoms with van der Waals surface area (Å²) in [7, 11) is -3.99. The summed E-state index contributed by atoms with van der Waals surface area (Å²) in [4.78, 5) is -0.572. The van der Waals surface area contributed by atoms with Crippen molar-refractivity contribution in [3.63, 3.8) is 0 Å². The first-order valence-electron chi connectivity index (χ1n) is 5.73. The Morgan fingerprint density at radius 3 is 2.53 bits per heavy atom. The topological polar surface area (TPSA) is 58.2 Å². The molecule has 0 bridgehead atoms. The fraction of sp³-hybridized carbons (Fsp3) is 0.455. The molecule has 0 saturated heterocycles. The van der Waals surface area contributed by atoms with Gasteiger partial charge in [-0.25, -0.2) is 21.9 Å². The van der Waals surface area contributed by atoms with E-state index in [0.717, 1.165) is 12.6 Å². The lowest BCUT2D eigenvalue weighted by molar-refractivity contribution is 0.539. The van der Waals surface area contributed by atoms with E-state index < -0.39 is 26.6 Å². The van der Waals surface area contributed by atoms with Crippen LogP contribution in [0.3, 0.4) is 0 Å². The smallest absolute Gasteiger partial charge is 0.244 e. The van der Waals surface area contributed by atoms with Crippen molar-refractivity contribution in [2.75, 3.05) is 19.6 Å². The molecule has 0 aliphatic carbocycles. The molecule has 0 saturated carbocycles. The molecule has 19 heavy (non-hydrogen) atoms. The van der Waals surface area contributed by atoms with Crippen molar-refractivity contribution in [2.45, 2.75) is 18.2 Å². The third-order valence-corrected chi connectivity index (χ3v) is 4.73. The maximum Gasteiger partial charge on any atom is 0.244 e. The van der Waals surface area contributed by atoms with Gasteiger partial charge < -0.3 is 5.32 Å². The van der Waals surface area contributed by atoms with Crippen molar-refractivity contribution in [1.82, 2.24) is 10.0 Å². The van der Waals surface area contributed by atoms with Gasteiger partial charge in [-0.2, -0.15) is 0 Å². The lowest BCUT2D eigenvalue weighted by atomic mass is 10.3. The molecule has 0 amide bonds. The summed E-state index contributed by atoms with van der Waals surface area (Å²) in [5.41, 5.74) is 0. The van der Waals surface area contributed by atoms with Crippen molar-refractivity contribution < 1.29 is 17.2 Å². The van der Waals surface area contributed by atoms with E-state index in [1.54, 1.807) is 0 Å². The van der Waals surface area contributed by atoms with E-state index in [1.165, 1.54) is 0 Å². The second kappa shape index (κ2) is 7.28. The average Bonchev–Trinajstić information content (AvgIpc) is 2.26. The van der Waals surface area contributed by atoms with Gasteiger partial charge in [0.2, 0.25) is 10.0 Å². The molecule has 0 fully saturated rings. The average molecular weight is 357 g/mol. The van der Waals surface area contributed by atoms with Gasteiger partial charge in [0.05, 0.1) is 0 Å². The molecule has 108 valence electrons. The van der Waals surface area contributed by atoms with Crippen LogP contribution in [0, 0.1) is 11.6 Å². The molecule has 0 aliphatic rings. The summed E-state index contributed by atoms with van der Waals surface area (Å²) in [6.45, 7) is 3.57. The molecule has 0 aliphatic heterocycles. The molecule has 0 spiro atoms. The molecule has 0 heterocycles. The fourth-order valence-corrected chi connectivity index (χ4v) is 3.69. The molecular weight excluding hydrogens is 342 g/mol. The lowest BCUT2D eigenvalue weighted by Crippen LogP contribution is -2.28. The first-order chi connectivity index (χ1) is 8.88. The van der Waals surface area contributed by atoms with Gasteiger partial charge in [0.15, 0.2) is 0 Å².